The minimum absolute atomic E-state index is 0. The number of aryl methyl sites for hydroxylation is 2. The first-order chi connectivity index (χ1) is 5.36. The molecule has 0 spiro atoms. The van der Waals surface area contributed by atoms with E-state index in [0.29, 0.717) is 0 Å². The van der Waals surface area contributed by atoms with Gasteiger partial charge in [-0.1, -0.05) is 13.8 Å². The maximum atomic E-state index is 2.23. The van der Waals surface area contributed by atoms with Crippen LogP contribution in [0.4, 0.5) is 0 Å². The Labute approximate surface area is 74.0 Å². The van der Waals surface area contributed by atoms with Crippen LogP contribution in [-0.4, -0.2) is 10.0 Å². The summed E-state index contributed by atoms with van der Waals surface area (Å²) in [4.78, 5) is 0. The van der Waals surface area contributed by atoms with E-state index in [9.17, 15) is 0 Å². The molecule has 0 atom stereocenters. The summed E-state index contributed by atoms with van der Waals surface area (Å²) in [5.74, 6) is 0. The van der Waals surface area contributed by atoms with Gasteiger partial charge in [-0.3, -0.25) is 0 Å². The van der Waals surface area contributed by atoms with E-state index in [-0.39, 0.29) is 5.48 Å². The molecule has 0 bridgehead atoms. The number of hydrogen-bond donors (Lipinski definition) is 0. The lowest BCUT2D eigenvalue weighted by Crippen LogP contribution is -2.30. The quantitative estimate of drug-likeness (QED) is 0.630. The highest BCUT2D eigenvalue weighted by Crippen LogP contribution is 1.88. The monoisotopic (exact) mass is 170 g/mol. The summed E-state index contributed by atoms with van der Waals surface area (Å²) in [6.07, 6.45) is 8.87. The Bertz CT molecular complexity index is 188. The summed E-state index contributed by atoms with van der Waals surface area (Å²) in [7, 11) is 0. The van der Waals surface area contributed by atoms with Crippen molar-refractivity contribution in [1.29, 1.82) is 0 Å². The fraction of sp³-hybridized carbons (Fsp3) is 0.667. The molecule has 0 saturated carbocycles. The molecule has 0 unspecified atom stereocenters. The van der Waals surface area contributed by atoms with Gasteiger partial charge in [-0.2, -0.15) is 0 Å². The molecule has 70 valence electrons. The van der Waals surface area contributed by atoms with Crippen molar-refractivity contribution in [3.8, 4) is 0 Å². The minimum atomic E-state index is 0. The molecule has 0 aliphatic carbocycles. The van der Waals surface area contributed by atoms with Crippen molar-refractivity contribution < 1.29 is 10.0 Å². The number of aromatic nitrogens is 2. The average Bonchev–Trinajstić information content (AvgIpc) is 2.38. The van der Waals surface area contributed by atoms with Crippen LogP contribution in [0.5, 0.6) is 0 Å². The van der Waals surface area contributed by atoms with E-state index < -0.39 is 0 Å². The third kappa shape index (κ3) is 3.05. The van der Waals surface area contributed by atoms with Crippen molar-refractivity contribution in [1.82, 2.24) is 4.57 Å². The van der Waals surface area contributed by atoms with Crippen molar-refractivity contribution in [2.75, 3.05) is 0 Å². The highest BCUT2D eigenvalue weighted by molar-refractivity contribution is 4.65. The highest BCUT2D eigenvalue weighted by atomic mass is 16.0. The second-order valence-corrected chi connectivity index (χ2v) is 2.89. The number of nitrogens with zero attached hydrogens (tertiary/aromatic N) is 2. The summed E-state index contributed by atoms with van der Waals surface area (Å²) in [5, 5.41) is 0. The zero-order valence-electron chi connectivity index (χ0n) is 7.90. The maximum Gasteiger partial charge on any atom is 0.243 e. The Morgan fingerprint density at radius 2 is 2.00 bits per heavy atom. The van der Waals surface area contributed by atoms with Crippen LogP contribution >= 0.6 is 0 Å². The van der Waals surface area contributed by atoms with Gasteiger partial charge in [0.1, 0.15) is 12.4 Å². The van der Waals surface area contributed by atoms with Gasteiger partial charge in [-0.15, -0.1) is 0 Å². The second kappa shape index (κ2) is 5.77. The fourth-order valence-corrected chi connectivity index (χ4v) is 1.22. The SMILES string of the molecule is CCCn1cc[n+](CCC)c1.[OH-]. The molecule has 1 heterocycles. The van der Waals surface area contributed by atoms with Crippen LogP contribution in [0.2, 0.25) is 0 Å². The lowest BCUT2D eigenvalue weighted by Gasteiger charge is -1.90. The van der Waals surface area contributed by atoms with Crippen LogP contribution in [-0.2, 0) is 13.1 Å². The molecule has 1 rings (SSSR count). The third-order valence-corrected chi connectivity index (χ3v) is 1.71. The fourth-order valence-electron chi connectivity index (χ4n) is 1.22. The van der Waals surface area contributed by atoms with Crippen LogP contribution in [0.3, 0.4) is 0 Å². The van der Waals surface area contributed by atoms with Gasteiger partial charge < -0.3 is 5.48 Å². The van der Waals surface area contributed by atoms with Crippen LogP contribution in [0.15, 0.2) is 18.7 Å². The Hall–Kier alpha value is -0.830. The molecule has 1 aromatic rings. The summed E-state index contributed by atoms with van der Waals surface area (Å²) in [6.45, 7) is 6.67. The standard InChI is InChI=1S/C9H17N2.H2O/c1-3-5-10-7-8-11(9-10)6-4-2;/h7-9H,3-6H2,1-2H3;1H2/q+1;/p-1. The van der Waals surface area contributed by atoms with Crippen molar-refractivity contribution in [3.05, 3.63) is 18.7 Å². The molecule has 0 saturated heterocycles. The van der Waals surface area contributed by atoms with Gasteiger partial charge >= 0.3 is 0 Å². The van der Waals surface area contributed by atoms with Gasteiger partial charge in [0.15, 0.2) is 0 Å². The third-order valence-electron chi connectivity index (χ3n) is 1.71. The van der Waals surface area contributed by atoms with E-state index in [1.807, 2.05) is 0 Å². The molecule has 3 heteroatoms. The number of hydrogen-bond acceptors (Lipinski definition) is 1. The van der Waals surface area contributed by atoms with Crippen molar-refractivity contribution in [3.63, 3.8) is 0 Å². The van der Waals surface area contributed by atoms with Crippen LogP contribution in [0.1, 0.15) is 26.7 Å². The summed E-state index contributed by atoms with van der Waals surface area (Å²) < 4.78 is 4.46. The van der Waals surface area contributed by atoms with Gasteiger partial charge in [0.25, 0.3) is 0 Å². The Kier molecular flexibility index (Phi) is 5.37. The second-order valence-electron chi connectivity index (χ2n) is 2.89. The molecule has 0 amide bonds. The predicted octanol–water partition coefficient (Wildman–Crippen LogP) is 1.42. The molecule has 0 aliphatic heterocycles. The topological polar surface area (TPSA) is 38.8 Å². The zero-order valence-corrected chi connectivity index (χ0v) is 7.90. The van der Waals surface area contributed by atoms with Gasteiger partial charge in [0.2, 0.25) is 6.33 Å². The molecule has 3 nitrogen and oxygen atoms in total. The van der Waals surface area contributed by atoms with Crippen LogP contribution in [0.25, 0.3) is 0 Å². The number of rotatable bonds is 4. The summed E-state index contributed by atoms with van der Waals surface area (Å²) in [5.41, 5.74) is 0. The van der Waals surface area contributed by atoms with Gasteiger partial charge in [-0.25, -0.2) is 9.13 Å². The largest absolute Gasteiger partial charge is 0.870 e. The van der Waals surface area contributed by atoms with Gasteiger partial charge in [0.05, 0.1) is 13.1 Å². The van der Waals surface area contributed by atoms with E-state index in [2.05, 4.69) is 41.7 Å². The van der Waals surface area contributed by atoms with Gasteiger partial charge in [-0.05, 0) is 12.8 Å². The average molecular weight is 170 g/mol. The Morgan fingerprint density at radius 1 is 1.25 bits per heavy atom. The van der Waals surface area contributed by atoms with Crippen molar-refractivity contribution in [2.45, 2.75) is 39.8 Å². The van der Waals surface area contributed by atoms with E-state index in [1.54, 1.807) is 0 Å². The first kappa shape index (κ1) is 11.2. The molecular weight excluding hydrogens is 152 g/mol. The molecule has 1 N–H and O–H groups in total. The molecule has 12 heavy (non-hydrogen) atoms. The lowest BCUT2D eigenvalue weighted by atomic mass is 10.5. The number of imidazole rings is 1. The van der Waals surface area contributed by atoms with Gasteiger partial charge in [0, 0.05) is 0 Å². The lowest BCUT2D eigenvalue weighted by molar-refractivity contribution is -0.696. The smallest absolute Gasteiger partial charge is 0.243 e. The predicted molar refractivity (Wildman–Crippen MR) is 47.1 cm³/mol. The first-order valence-corrected chi connectivity index (χ1v) is 4.41. The highest BCUT2D eigenvalue weighted by Gasteiger charge is 1.99. The van der Waals surface area contributed by atoms with Crippen LogP contribution < -0.4 is 4.57 Å². The normalized spacial score (nSPS) is 9.50. The zero-order chi connectivity index (χ0) is 8.10. The molecular formula is C9H18N2O. The molecule has 0 fully saturated rings. The Balaban J connectivity index is 0.00000121. The van der Waals surface area contributed by atoms with Crippen molar-refractivity contribution in [2.24, 2.45) is 0 Å². The molecule has 1 aromatic heterocycles. The molecule has 0 aliphatic rings. The maximum absolute atomic E-state index is 2.23. The molecule has 0 aromatic carbocycles. The van der Waals surface area contributed by atoms with E-state index >= 15 is 0 Å². The van der Waals surface area contributed by atoms with E-state index in [1.165, 1.54) is 12.8 Å². The van der Waals surface area contributed by atoms with Crippen molar-refractivity contribution >= 4 is 0 Å². The molecule has 0 radical (unpaired) electrons. The first-order valence-electron chi connectivity index (χ1n) is 4.41. The van der Waals surface area contributed by atoms with E-state index in [0.717, 1.165) is 13.1 Å². The summed E-state index contributed by atoms with van der Waals surface area (Å²) in [6, 6.07) is 0. The summed E-state index contributed by atoms with van der Waals surface area (Å²) >= 11 is 0. The Morgan fingerprint density at radius 3 is 2.58 bits per heavy atom. The minimum Gasteiger partial charge on any atom is -0.870 e. The van der Waals surface area contributed by atoms with Crippen LogP contribution in [0, 0.1) is 0 Å². The van der Waals surface area contributed by atoms with E-state index in [4.69, 9.17) is 0 Å².